The molecular formula is C96H60N6OS. The van der Waals surface area contributed by atoms with Crippen molar-refractivity contribution >= 4 is 119 Å². The van der Waals surface area contributed by atoms with Crippen molar-refractivity contribution in [2.24, 2.45) is 0 Å². The average Bonchev–Trinajstić information content (AvgIpc) is 1.52. The van der Waals surface area contributed by atoms with E-state index in [-0.39, 0.29) is 5.41 Å². The number of hydrogen-bond acceptors (Lipinski definition) is 5. The van der Waals surface area contributed by atoms with E-state index < -0.39 is 0 Å². The highest BCUT2D eigenvalue weighted by Crippen LogP contribution is 2.51. The number of hydrogen-bond donors (Lipinski definition) is 0. The standard InChI is InChI=1S/C96H60N6OS/c1-96(2)81-30-9-3-24-69(81)70-42-36-57(51-82(70)96)58-37-43-74-71-25-4-10-31-83(71)100(86(74)52-58)66-21-15-18-63(48-66)93-97-94(64-19-16-22-67(49-64)101-84-32-11-5-26-72(84)75-44-38-59(53-87(75)101)61-40-46-78-77-28-7-13-34-89(77)103-90(78)55-61)99-95(98-93)65-20-17-23-68(50-65)102-85-33-12-6-27-73(85)76-45-39-60(54-88(76)102)62-41-47-80-79-29-8-14-35-91(79)104-92(80)56-62/h3-56H,1-2H3. The fraction of sp³-hybridized carbons (Fsp3) is 0.0312. The number of fused-ring (bicyclic) bond motifs is 18. The minimum Gasteiger partial charge on any atom is -0.456 e. The van der Waals surface area contributed by atoms with E-state index in [0.29, 0.717) is 17.5 Å². The summed E-state index contributed by atoms with van der Waals surface area (Å²) < 4.78 is 16.2. The van der Waals surface area contributed by atoms with Crippen LogP contribution in [0.4, 0.5) is 0 Å². The van der Waals surface area contributed by atoms with Gasteiger partial charge in [-0.3, -0.25) is 0 Å². The van der Waals surface area contributed by atoms with Gasteiger partial charge in [0, 0.05) is 102 Å². The molecular weight excluding hydrogens is 1290 g/mol. The van der Waals surface area contributed by atoms with Crippen LogP contribution in [0.2, 0.25) is 0 Å². The van der Waals surface area contributed by atoms with E-state index in [1.807, 2.05) is 23.5 Å². The van der Waals surface area contributed by atoms with Crippen molar-refractivity contribution in [3.8, 4) is 95.7 Å². The first kappa shape index (κ1) is 58.5. The Morgan fingerprint density at radius 3 is 1.16 bits per heavy atom. The number of thiophene rings is 1. The molecule has 0 radical (unpaired) electrons. The van der Waals surface area contributed by atoms with Crippen molar-refractivity contribution in [1.82, 2.24) is 28.7 Å². The monoisotopic (exact) mass is 1340 g/mol. The van der Waals surface area contributed by atoms with E-state index in [0.717, 1.165) is 116 Å². The third-order valence-corrected chi connectivity index (χ3v) is 23.2. The van der Waals surface area contributed by atoms with Crippen molar-refractivity contribution in [1.29, 1.82) is 0 Å². The molecule has 1 aliphatic rings. The fourth-order valence-corrected chi connectivity index (χ4v) is 18.2. The van der Waals surface area contributed by atoms with Gasteiger partial charge in [0.1, 0.15) is 11.2 Å². The number of benzene rings is 15. The highest BCUT2D eigenvalue weighted by Gasteiger charge is 2.35. The van der Waals surface area contributed by atoms with Gasteiger partial charge in [0.25, 0.3) is 0 Å². The molecule has 0 N–H and O–H groups in total. The van der Waals surface area contributed by atoms with Crippen LogP contribution >= 0.6 is 11.3 Å². The topological polar surface area (TPSA) is 66.6 Å². The summed E-state index contributed by atoms with van der Waals surface area (Å²) >= 11 is 1.85. The first-order chi connectivity index (χ1) is 51.3. The highest BCUT2D eigenvalue weighted by molar-refractivity contribution is 7.25. The Balaban J connectivity index is 0.706. The minimum absolute atomic E-state index is 0.123. The molecule has 22 rings (SSSR count). The van der Waals surface area contributed by atoms with E-state index >= 15 is 0 Å². The van der Waals surface area contributed by atoms with Crippen LogP contribution in [0.15, 0.2) is 332 Å². The first-order valence-corrected chi connectivity index (χ1v) is 36.3. The van der Waals surface area contributed by atoms with Gasteiger partial charge in [0.2, 0.25) is 0 Å². The molecule has 6 aromatic heterocycles. The van der Waals surface area contributed by atoms with Gasteiger partial charge in [-0.1, -0.05) is 232 Å². The molecule has 21 aromatic rings. The third kappa shape index (κ3) is 8.92. The number of furan rings is 1. The van der Waals surface area contributed by atoms with Gasteiger partial charge in [0.05, 0.1) is 33.1 Å². The lowest BCUT2D eigenvalue weighted by Gasteiger charge is -2.22. The van der Waals surface area contributed by atoms with Crippen LogP contribution in [-0.4, -0.2) is 28.7 Å². The Hall–Kier alpha value is -13.3. The van der Waals surface area contributed by atoms with Crippen LogP contribution in [0.5, 0.6) is 0 Å². The predicted octanol–water partition coefficient (Wildman–Crippen LogP) is 25.7. The van der Waals surface area contributed by atoms with Gasteiger partial charge in [-0.25, -0.2) is 15.0 Å². The molecule has 0 unspecified atom stereocenters. The quantitative estimate of drug-likeness (QED) is 0.144. The summed E-state index contributed by atoms with van der Waals surface area (Å²) in [7, 11) is 0. The highest BCUT2D eigenvalue weighted by atomic mass is 32.1. The van der Waals surface area contributed by atoms with Crippen molar-refractivity contribution in [3.63, 3.8) is 0 Å². The maximum atomic E-state index is 6.43. The second kappa shape index (κ2) is 22.4. The Morgan fingerprint density at radius 2 is 0.625 bits per heavy atom. The summed E-state index contributed by atoms with van der Waals surface area (Å²) in [5.41, 5.74) is 26.1. The van der Waals surface area contributed by atoms with Crippen molar-refractivity contribution in [3.05, 3.63) is 339 Å². The van der Waals surface area contributed by atoms with Crippen LogP contribution in [0.3, 0.4) is 0 Å². The lowest BCUT2D eigenvalue weighted by molar-refractivity contribution is 0.660. The maximum Gasteiger partial charge on any atom is 0.164 e. The molecule has 15 aromatic carbocycles. The molecule has 0 saturated heterocycles. The molecule has 0 bridgehead atoms. The molecule has 0 saturated carbocycles. The van der Waals surface area contributed by atoms with Crippen LogP contribution < -0.4 is 0 Å². The largest absolute Gasteiger partial charge is 0.456 e. The van der Waals surface area contributed by atoms with Gasteiger partial charge in [-0.2, -0.15) is 0 Å². The molecule has 486 valence electrons. The molecule has 7 nitrogen and oxygen atoms in total. The molecule has 8 heteroatoms. The van der Waals surface area contributed by atoms with Crippen LogP contribution in [0.1, 0.15) is 25.0 Å². The van der Waals surface area contributed by atoms with Gasteiger partial charge < -0.3 is 18.1 Å². The van der Waals surface area contributed by atoms with Gasteiger partial charge >= 0.3 is 0 Å². The molecule has 0 spiro atoms. The summed E-state index contributed by atoms with van der Waals surface area (Å²) in [6.45, 7) is 4.71. The minimum atomic E-state index is -0.123. The van der Waals surface area contributed by atoms with Gasteiger partial charge in [0.15, 0.2) is 17.5 Å². The van der Waals surface area contributed by atoms with E-state index in [1.165, 1.54) is 80.5 Å². The summed E-state index contributed by atoms with van der Waals surface area (Å²) in [5, 5.41) is 11.9. The van der Waals surface area contributed by atoms with E-state index in [2.05, 4.69) is 343 Å². The molecule has 0 amide bonds. The zero-order valence-corrected chi connectivity index (χ0v) is 57.5. The summed E-state index contributed by atoms with van der Waals surface area (Å²) in [6.07, 6.45) is 0. The smallest absolute Gasteiger partial charge is 0.164 e. The van der Waals surface area contributed by atoms with Crippen molar-refractivity contribution in [2.75, 3.05) is 0 Å². The zero-order chi connectivity index (χ0) is 68.5. The summed E-state index contributed by atoms with van der Waals surface area (Å²) in [6, 6.07) is 119. The molecule has 1 aliphatic carbocycles. The Labute approximate surface area is 601 Å². The maximum absolute atomic E-state index is 6.43. The summed E-state index contributed by atoms with van der Waals surface area (Å²) in [5.74, 6) is 1.68. The van der Waals surface area contributed by atoms with E-state index in [4.69, 9.17) is 19.4 Å². The van der Waals surface area contributed by atoms with Crippen molar-refractivity contribution < 1.29 is 4.42 Å². The fourth-order valence-electron chi connectivity index (χ4n) is 17.1. The molecule has 0 aliphatic heterocycles. The van der Waals surface area contributed by atoms with Crippen molar-refractivity contribution in [2.45, 2.75) is 19.3 Å². The summed E-state index contributed by atoms with van der Waals surface area (Å²) in [4.78, 5) is 16.7. The second-order valence-electron chi connectivity index (χ2n) is 28.3. The van der Waals surface area contributed by atoms with E-state index in [1.54, 1.807) is 0 Å². The third-order valence-electron chi connectivity index (χ3n) is 22.1. The Morgan fingerprint density at radius 1 is 0.250 bits per heavy atom. The molecule has 6 heterocycles. The van der Waals surface area contributed by atoms with Crippen LogP contribution in [-0.2, 0) is 5.41 Å². The Bertz CT molecular complexity index is 6940. The van der Waals surface area contributed by atoms with Crippen LogP contribution in [0, 0.1) is 0 Å². The lowest BCUT2D eigenvalue weighted by atomic mass is 9.81. The van der Waals surface area contributed by atoms with E-state index in [9.17, 15) is 0 Å². The number of para-hydroxylation sites is 4. The SMILES string of the molecule is CC1(C)c2ccccc2-c2ccc(-c3ccc4c5ccccc5n(-c5cccc(-c6nc(-c7cccc(-n8c9ccccc9c9ccc(-c%10ccc%11c(c%10)oc%10ccccc%10%11)cc98)c7)nc(-c7cccc(-n8c9ccccc9c9ccc(-c%10ccc%11c(c%10)sc%10ccccc%10%11)cc98)c7)n6)c5)c4c3)cc21. The van der Waals surface area contributed by atoms with Gasteiger partial charge in [-0.15, -0.1) is 11.3 Å². The first-order valence-electron chi connectivity index (χ1n) is 35.5. The molecule has 104 heavy (non-hydrogen) atoms. The Kier molecular flexibility index (Phi) is 12.6. The normalized spacial score (nSPS) is 12.8. The predicted molar refractivity (Wildman–Crippen MR) is 433 cm³/mol. The lowest BCUT2D eigenvalue weighted by Crippen LogP contribution is -2.14. The number of aromatic nitrogens is 6. The van der Waals surface area contributed by atoms with Gasteiger partial charge in [-0.05, 0) is 165 Å². The zero-order valence-electron chi connectivity index (χ0n) is 56.7. The molecule has 0 fully saturated rings. The van der Waals surface area contributed by atoms with Crippen LogP contribution in [0.25, 0.3) is 203 Å². The average molecular weight is 1350 g/mol. The molecule has 0 atom stereocenters. The number of rotatable bonds is 9. The number of nitrogens with zero attached hydrogens (tertiary/aromatic N) is 6. The second-order valence-corrected chi connectivity index (χ2v) is 29.3.